The predicted octanol–water partition coefficient (Wildman–Crippen LogP) is 3.15. The zero-order valence-corrected chi connectivity index (χ0v) is 12.0. The average molecular weight is 249 g/mol. The number of nitrogens with one attached hydrogen (secondary N) is 2. The highest BCUT2D eigenvalue weighted by Crippen LogP contribution is 2.46. The molecule has 1 aromatic rings. The van der Waals surface area contributed by atoms with Gasteiger partial charge in [0.15, 0.2) is 0 Å². The Hall–Kier alpha value is -0.830. The Balaban J connectivity index is 2.11. The molecule has 1 aliphatic rings. The molecule has 1 heterocycles. The summed E-state index contributed by atoms with van der Waals surface area (Å²) >= 11 is 0. The summed E-state index contributed by atoms with van der Waals surface area (Å²) in [7, 11) is 2.11. The Labute approximate surface area is 111 Å². The summed E-state index contributed by atoms with van der Waals surface area (Å²) in [6.45, 7) is 4.69. The SMILES string of the molecule is CNC(Cc1ncc[nH]1)C1(CC(C)C)CCCC1. The lowest BCUT2D eigenvalue weighted by molar-refractivity contribution is 0.158. The van der Waals surface area contributed by atoms with E-state index in [0.29, 0.717) is 11.5 Å². The van der Waals surface area contributed by atoms with Crippen LogP contribution in [0.1, 0.15) is 51.8 Å². The summed E-state index contributed by atoms with van der Waals surface area (Å²) in [6, 6.07) is 0.550. The first-order chi connectivity index (χ1) is 8.66. The van der Waals surface area contributed by atoms with E-state index in [1.54, 1.807) is 0 Å². The molecular formula is C15H27N3. The molecule has 1 unspecified atom stereocenters. The van der Waals surface area contributed by atoms with Crippen LogP contribution in [0.15, 0.2) is 12.4 Å². The van der Waals surface area contributed by atoms with Gasteiger partial charge in [-0.3, -0.25) is 0 Å². The Kier molecular flexibility index (Phi) is 4.44. The molecule has 1 aliphatic carbocycles. The molecule has 0 amide bonds. The molecular weight excluding hydrogens is 222 g/mol. The maximum absolute atomic E-state index is 4.39. The number of rotatable bonds is 6. The van der Waals surface area contributed by atoms with Gasteiger partial charge in [0.05, 0.1) is 0 Å². The van der Waals surface area contributed by atoms with Gasteiger partial charge in [-0.25, -0.2) is 4.98 Å². The van der Waals surface area contributed by atoms with E-state index >= 15 is 0 Å². The molecule has 2 N–H and O–H groups in total. The number of hydrogen-bond donors (Lipinski definition) is 2. The van der Waals surface area contributed by atoms with Gasteiger partial charge in [0.2, 0.25) is 0 Å². The van der Waals surface area contributed by atoms with E-state index in [-0.39, 0.29) is 0 Å². The minimum atomic E-state index is 0.482. The molecule has 1 atom stereocenters. The molecule has 0 aliphatic heterocycles. The summed E-state index contributed by atoms with van der Waals surface area (Å²) in [6.07, 6.45) is 11.7. The third-order valence-corrected chi connectivity index (χ3v) is 4.45. The number of aromatic nitrogens is 2. The first-order valence-electron chi connectivity index (χ1n) is 7.32. The van der Waals surface area contributed by atoms with Crippen LogP contribution in [0, 0.1) is 11.3 Å². The van der Waals surface area contributed by atoms with Gasteiger partial charge in [-0.2, -0.15) is 0 Å². The molecule has 102 valence electrons. The van der Waals surface area contributed by atoms with Crippen LogP contribution in [-0.2, 0) is 6.42 Å². The summed E-state index contributed by atoms with van der Waals surface area (Å²) in [5, 5.41) is 3.57. The molecule has 0 spiro atoms. The van der Waals surface area contributed by atoms with Crippen molar-refractivity contribution in [1.29, 1.82) is 0 Å². The van der Waals surface area contributed by atoms with Crippen LogP contribution in [0.5, 0.6) is 0 Å². The minimum Gasteiger partial charge on any atom is -0.349 e. The van der Waals surface area contributed by atoms with Gasteiger partial charge in [0.25, 0.3) is 0 Å². The number of nitrogens with zero attached hydrogens (tertiary/aromatic N) is 1. The summed E-state index contributed by atoms with van der Waals surface area (Å²) in [5.41, 5.74) is 0.482. The smallest absolute Gasteiger partial charge is 0.107 e. The third kappa shape index (κ3) is 2.94. The molecule has 18 heavy (non-hydrogen) atoms. The van der Waals surface area contributed by atoms with Gasteiger partial charge in [0.1, 0.15) is 5.82 Å². The number of likely N-dealkylation sites (N-methyl/N-ethyl adjacent to an activating group) is 1. The summed E-state index contributed by atoms with van der Waals surface area (Å²) in [5.74, 6) is 1.89. The Morgan fingerprint density at radius 3 is 2.61 bits per heavy atom. The van der Waals surface area contributed by atoms with Gasteiger partial charge >= 0.3 is 0 Å². The van der Waals surface area contributed by atoms with E-state index < -0.39 is 0 Å². The zero-order chi connectivity index (χ0) is 13.0. The second-order valence-corrected chi connectivity index (χ2v) is 6.25. The molecule has 1 saturated carbocycles. The fourth-order valence-electron chi connectivity index (χ4n) is 3.81. The van der Waals surface area contributed by atoms with E-state index in [9.17, 15) is 0 Å². The minimum absolute atomic E-state index is 0.482. The molecule has 2 rings (SSSR count). The van der Waals surface area contributed by atoms with Crippen LogP contribution in [0.3, 0.4) is 0 Å². The lowest BCUT2D eigenvalue weighted by Gasteiger charge is -2.39. The number of aromatic amines is 1. The lowest BCUT2D eigenvalue weighted by atomic mass is 9.71. The van der Waals surface area contributed by atoms with E-state index in [1.807, 2.05) is 12.4 Å². The van der Waals surface area contributed by atoms with E-state index in [2.05, 4.69) is 36.2 Å². The molecule has 3 heteroatoms. The maximum Gasteiger partial charge on any atom is 0.107 e. The van der Waals surface area contributed by atoms with E-state index in [0.717, 1.165) is 18.2 Å². The lowest BCUT2D eigenvalue weighted by Crippen LogP contribution is -2.44. The first kappa shape index (κ1) is 13.6. The highest BCUT2D eigenvalue weighted by Gasteiger charge is 2.41. The highest BCUT2D eigenvalue weighted by molar-refractivity contribution is 5.00. The topological polar surface area (TPSA) is 40.7 Å². The van der Waals surface area contributed by atoms with Crippen molar-refractivity contribution < 1.29 is 0 Å². The van der Waals surface area contributed by atoms with Crippen molar-refractivity contribution in [1.82, 2.24) is 15.3 Å². The molecule has 0 bridgehead atoms. The highest BCUT2D eigenvalue weighted by atomic mass is 14.9. The predicted molar refractivity (Wildman–Crippen MR) is 75.5 cm³/mol. The monoisotopic (exact) mass is 249 g/mol. The second-order valence-electron chi connectivity index (χ2n) is 6.25. The largest absolute Gasteiger partial charge is 0.349 e. The fraction of sp³-hybridized carbons (Fsp3) is 0.800. The van der Waals surface area contributed by atoms with Crippen LogP contribution >= 0.6 is 0 Å². The Morgan fingerprint density at radius 2 is 2.11 bits per heavy atom. The molecule has 0 saturated heterocycles. The molecule has 0 radical (unpaired) electrons. The average Bonchev–Trinajstić information content (AvgIpc) is 2.96. The quantitative estimate of drug-likeness (QED) is 0.813. The van der Waals surface area contributed by atoms with Gasteiger partial charge in [-0.05, 0) is 37.6 Å². The Bertz CT molecular complexity index is 337. The van der Waals surface area contributed by atoms with Gasteiger partial charge in [-0.15, -0.1) is 0 Å². The van der Waals surface area contributed by atoms with Crippen molar-refractivity contribution in [3.63, 3.8) is 0 Å². The summed E-state index contributed by atoms with van der Waals surface area (Å²) in [4.78, 5) is 7.63. The molecule has 0 aromatic carbocycles. The standard InChI is InChI=1S/C15H27N3/c1-12(2)11-15(6-4-5-7-15)13(16-3)10-14-17-8-9-18-14/h8-9,12-13,16H,4-7,10-11H2,1-3H3,(H,17,18). The summed E-state index contributed by atoms with van der Waals surface area (Å²) < 4.78 is 0. The number of hydrogen-bond acceptors (Lipinski definition) is 2. The van der Waals surface area contributed by atoms with Crippen molar-refractivity contribution in [3.8, 4) is 0 Å². The zero-order valence-electron chi connectivity index (χ0n) is 12.0. The van der Waals surface area contributed by atoms with Gasteiger partial charge < -0.3 is 10.3 Å². The van der Waals surface area contributed by atoms with Gasteiger partial charge in [-0.1, -0.05) is 26.7 Å². The van der Waals surface area contributed by atoms with Crippen molar-refractivity contribution in [2.24, 2.45) is 11.3 Å². The van der Waals surface area contributed by atoms with Crippen LogP contribution in [0.25, 0.3) is 0 Å². The van der Waals surface area contributed by atoms with Crippen LogP contribution in [0.4, 0.5) is 0 Å². The molecule has 3 nitrogen and oxygen atoms in total. The molecule has 1 aromatic heterocycles. The van der Waals surface area contributed by atoms with E-state index in [1.165, 1.54) is 32.1 Å². The maximum atomic E-state index is 4.39. The third-order valence-electron chi connectivity index (χ3n) is 4.45. The number of H-pyrrole nitrogens is 1. The van der Waals surface area contributed by atoms with Crippen molar-refractivity contribution in [2.75, 3.05) is 7.05 Å². The second kappa shape index (κ2) is 5.87. The van der Waals surface area contributed by atoms with Crippen molar-refractivity contribution >= 4 is 0 Å². The normalized spacial score (nSPS) is 20.4. The molecule has 1 fully saturated rings. The van der Waals surface area contributed by atoms with Crippen molar-refractivity contribution in [2.45, 2.75) is 58.4 Å². The van der Waals surface area contributed by atoms with Crippen LogP contribution in [-0.4, -0.2) is 23.1 Å². The van der Waals surface area contributed by atoms with E-state index in [4.69, 9.17) is 0 Å². The Morgan fingerprint density at radius 1 is 1.39 bits per heavy atom. The number of imidazole rings is 1. The van der Waals surface area contributed by atoms with Gasteiger partial charge in [0, 0.05) is 24.9 Å². The first-order valence-corrected chi connectivity index (χ1v) is 7.32. The fourth-order valence-corrected chi connectivity index (χ4v) is 3.81. The van der Waals surface area contributed by atoms with Crippen molar-refractivity contribution in [3.05, 3.63) is 18.2 Å². The van der Waals surface area contributed by atoms with Crippen LogP contribution in [0.2, 0.25) is 0 Å². The van der Waals surface area contributed by atoms with Crippen LogP contribution < -0.4 is 5.32 Å².